The molecule has 1 aromatic heterocycles. The molecule has 32 heavy (non-hydrogen) atoms. The maximum absolute atomic E-state index is 2.49. The number of benzene rings is 3. The fraction of sp³-hybridized carbons (Fsp3) is 0.207. The van der Waals surface area contributed by atoms with E-state index in [2.05, 4.69) is 114 Å². The van der Waals surface area contributed by atoms with Crippen LogP contribution in [0.3, 0.4) is 0 Å². The summed E-state index contributed by atoms with van der Waals surface area (Å²) in [6.45, 7) is 6.48. The Morgan fingerprint density at radius 1 is 0.906 bits per heavy atom. The second-order valence-corrected chi connectivity index (χ2v) is 9.21. The number of aromatic nitrogens is 1. The van der Waals surface area contributed by atoms with Crippen molar-refractivity contribution in [3.05, 3.63) is 95.7 Å². The molecule has 0 unspecified atom stereocenters. The Morgan fingerprint density at radius 2 is 1.72 bits per heavy atom. The molecule has 0 spiro atoms. The van der Waals surface area contributed by atoms with Crippen molar-refractivity contribution < 1.29 is 4.57 Å². The average Bonchev–Trinajstić information content (AvgIpc) is 3.20. The first-order chi connectivity index (χ1) is 15.8. The normalized spacial score (nSPS) is 14.8. The van der Waals surface area contributed by atoms with E-state index in [1.807, 2.05) is 11.8 Å². The molecule has 0 amide bonds. The van der Waals surface area contributed by atoms with Crippen LogP contribution in [0.15, 0.2) is 95.0 Å². The van der Waals surface area contributed by atoms with Gasteiger partial charge in [0.2, 0.25) is 5.52 Å². The largest absolute Gasteiger partial charge is 0.335 e. The summed E-state index contributed by atoms with van der Waals surface area (Å²) in [4.78, 5) is 3.88. The Labute approximate surface area is 194 Å². The van der Waals surface area contributed by atoms with Crippen LogP contribution in [0.4, 0.5) is 5.69 Å². The molecule has 0 N–H and O–H groups in total. The van der Waals surface area contributed by atoms with Crippen molar-refractivity contribution >= 4 is 45.2 Å². The van der Waals surface area contributed by atoms with Crippen molar-refractivity contribution in [3.63, 3.8) is 0 Å². The van der Waals surface area contributed by atoms with Gasteiger partial charge in [0.25, 0.3) is 0 Å². The van der Waals surface area contributed by atoms with Gasteiger partial charge in [0.1, 0.15) is 6.54 Å². The number of pyridine rings is 1. The lowest BCUT2D eigenvalue weighted by atomic mass is 10.1. The number of thioether (sulfide) groups is 1. The molecule has 1 aliphatic rings. The zero-order valence-corrected chi connectivity index (χ0v) is 19.6. The van der Waals surface area contributed by atoms with Gasteiger partial charge in [0.05, 0.1) is 16.1 Å². The lowest BCUT2D eigenvalue weighted by Crippen LogP contribution is -2.32. The maximum Gasteiger partial charge on any atom is 0.213 e. The van der Waals surface area contributed by atoms with Gasteiger partial charge in [-0.3, -0.25) is 0 Å². The van der Waals surface area contributed by atoms with Crippen LogP contribution in [0.2, 0.25) is 0 Å². The van der Waals surface area contributed by atoms with E-state index in [1.165, 1.54) is 55.7 Å². The molecule has 2 heterocycles. The third kappa shape index (κ3) is 3.82. The first-order valence-corrected chi connectivity index (χ1v) is 12.4. The molecule has 0 radical (unpaired) electrons. The van der Waals surface area contributed by atoms with E-state index >= 15 is 0 Å². The highest BCUT2D eigenvalue weighted by Gasteiger charge is 2.25. The summed E-state index contributed by atoms with van der Waals surface area (Å²) in [5.74, 6) is 0. The van der Waals surface area contributed by atoms with Crippen LogP contribution < -0.4 is 9.47 Å². The number of para-hydroxylation sites is 1. The molecule has 4 aromatic rings. The predicted octanol–water partition coefficient (Wildman–Crippen LogP) is 7.57. The van der Waals surface area contributed by atoms with Crippen molar-refractivity contribution in [3.8, 4) is 0 Å². The second-order valence-electron chi connectivity index (χ2n) is 8.18. The number of hydrogen-bond donors (Lipinski definition) is 0. The number of allylic oxidation sites excluding steroid dienone is 2. The Balaban J connectivity index is 1.51. The number of hydrogen-bond acceptors (Lipinski definition) is 2. The first-order valence-electron chi connectivity index (χ1n) is 11.6. The number of rotatable bonds is 6. The molecule has 2 nitrogen and oxygen atoms in total. The van der Waals surface area contributed by atoms with Crippen molar-refractivity contribution in [2.45, 2.75) is 38.1 Å². The van der Waals surface area contributed by atoms with E-state index in [4.69, 9.17) is 0 Å². The Kier molecular flexibility index (Phi) is 6.00. The van der Waals surface area contributed by atoms with Crippen LogP contribution in [0, 0.1) is 0 Å². The lowest BCUT2D eigenvalue weighted by molar-refractivity contribution is -0.667. The highest BCUT2D eigenvalue weighted by atomic mass is 32.2. The second kappa shape index (κ2) is 9.22. The van der Waals surface area contributed by atoms with Gasteiger partial charge in [-0.15, -0.1) is 0 Å². The number of unbranched alkanes of at least 4 members (excludes halogenated alkanes) is 1. The molecule has 1 aliphatic heterocycles. The summed E-state index contributed by atoms with van der Waals surface area (Å²) in [6, 6.07) is 24.1. The highest BCUT2D eigenvalue weighted by molar-refractivity contribution is 8.04. The standard InChI is InChI=1S/C29H29N2S/c1-3-5-20-31-27-18-17-22-11-6-7-14-25(22)29(27)32-28(31)16-10-12-23-19-21-30(4-2)26-15-9-8-13-24(23)26/h6-19,21H,3-5,20H2,1-2H3/q+1. The molecular weight excluding hydrogens is 408 g/mol. The summed E-state index contributed by atoms with van der Waals surface area (Å²) in [5, 5.41) is 5.26. The highest BCUT2D eigenvalue weighted by Crippen LogP contribution is 2.49. The predicted molar refractivity (Wildman–Crippen MR) is 139 cm³/mol. The van der Waals surface area contributed by atoms with E-state index < -0.39 is 0 Å². The van der Waals surface area contributed by atoms with Crippen molar-refractivity contribution in [1.82, 2.24) is 0 Å². The van der Waals surface area contributed by atoms with Crippen LogP contribution in [0.1, 0.15) is 32.3 Å². The molecular formula is C29H29N2S+. The van der Waals surface area contributed by atoms with Gasteiger partial charge in [-0.2, -0.15) is 4.57 Å². The summed E-state index contributed by atoms with van der Waals surface area (Å²) in [7, 11) is 0. The third-order valence-electron chi connectivity index (χ3n) is 6.17. The molecule has 3 aromatic carbocycles. The van der Waals surface area contributed by atoms with Gasteiger partial charge in [0, 0.05) is 23.6 Å². The molecule has 0 aliphatic carbocycles. The number of anilines is 1. The lowest BCUT2D eigenvalue weighted by Gasteiger charge is -2.20. The fourth-order valence-electron chi connectivity index (χ4n) is 4.46. The van der Waals surface area contributed by atoms with Crippen LogP contribution in [-0.2, 0) is 6.54 Å². The van der Waals surface area contributed by atoms with Gasteiger partial charge in [-0.1, -0.05) is 79.7 Å². The molecule has 0 atom stereocenters. The molecule has 0 saturated heterocycles. The average molecular weight is 438 g/mol. The van der Waals surface area contributed by atoms with Gasteiger partial charge >= 0.3 is 0 Å². The Morgan fingerprint density at radius 3 is 2.56 bits per heavy atom. The maximum atomic E-state index is 2.49. The minimum atomic E-state index is 0.976. The first kappa shape index (κ1) is 20.8. The van der Waals surface area contributed by atoms with Crippen LogP contribution in [0.25, 0.3) is 27.8 Å². The van der Waals surface area contributed by atoms with Crippen molar-refractivity contribution in [2.75, 3.05) is 11.4 Å². The topological polar surface area (TPSA) is 7.12 Å². The van der Waals surface area contributed by atoms with Crippen LogP contribution in [-0.4, -0.2) is 6.54 Å². The quantitative estimate of drug-likeness (QED) is 0.287. The third-order valence-corrected chi connectivity index (χ3v) is 7.37. The van der Waals surface area contributed by atoms with E-state index in [-0.39, 0.29) is 0 Å². The number of nitrogens with zero attached hydrogens (tertiary/aromatic N) is 2. The van der Waals surface area contributed by atoms with Gasteiger partial charge in [-0.05, 0) is 47.9 Å². The molecule has 0 fully saturated rings. The molecule has 160 valence electrons. The Hall–Kier alpha value is -3.04. The summed E-state index contributed by atoms with van der Waals surface area (Å²) < 4.78 is 2.30. The fourth-order valence-corrected chi connectivity index (χ4v) is 5.70. The van der Waals surface area contributed by atoms with E-state index in [0.29, 0.717) is 0 Å². The smallest absolute Gasteiger partial charge is 0.213 e. The summed E-state index contributed by atoms with van der Waals surface area (Å²) in [5.41, 5.74) is 3.88. The molecule has 0 bridgehead atoms. The van der Waals surface area contributed by atoms with Gasteiger partial charge in [0.15, 0.2) is 6.20 Å². The number of aryl methyl sites for hydroxylation is 1. The summed E-state index contributed by atoms with van der Waals surface area (Å²) in [6.07, 6.45) is 11.3. The minimum absolute atomic E-state index is 0.976. The minimum Gasteiger partial charge on any atom is -0.335 e. The van der Waals surface area contributed by atoms with Crippen molar-refractivity contribution in [2.24, 2.45) is 0 Å². The van der Waals surface area contributed by atoms with E-state index in [0.717, 1.165) is 13.1 Å². The van der Waals surface area contributed by atoms with E-state index in [9.17, 15) is 0 Å². The van der Waals surface area contributed by atoms with Crippen LogP contribution >= 0.6 is 11.8 Å². The molecule has 3 heteroatoms. The van der Waals surface area contributed by atoms with E-state index in [1.54, 1.807) is 0 Å². The summed E-state index contributed by atoms with van der Waals surface area (Å²) >= 11 is 1.90. The monoisotopic (exact) mass is 437 g/mol. The molecule has 0 saturated carbocycles. The molecule has 5 rings (SSSR count). The zero-order chi connectivity index (χ0) is 21.9. The zero-order valence-electron chi connectivity index (χ0n) is 18.8. The van der Waals surface area contributed by atoms with Crippen LogP contribution in [0.5, 0.6) is 0 Å². The number of fused-ring (bicyclic) bond motifs is 4. The Bertz CT molecular complexity index is 1340. The van der Waals surface area contributed by atoms with Gasteiger partial charge in [-0.25, -0.2) is 0 Å². The van der Waals surface area contributed by atoms with Crippen molar-refractivity contribution in [1.29, 1.82) is 0 Å². The van der Waals surface area contributed by atoms with Gasteiger partial charge < -0.3 is 4.90 Å². The SMILES string of the molecule is CCCCN1C(=CC=Cc2cc[n+](CC)c3ccccc23)Sc2c1ccc1ccccc21.